The summed E-state index contributed by atoms with van der Waals surface area (Å²) in [6, 6.07) is 5.62. The number of hydrogen-bond donors (Lipinski definition) is 2. The molecule has 0 spiro atoms. The van der Waals surface area contributed by atoms with E-state index in [2.05, 4.69) is 37.1 Å². The molecule has 0 saturated carbocycles. The van der Waals surface area contributed by atoms with Crippen molar-refractivity contribution in [3.63, 3.8) is 0 Å². The zero-order valence-electron chi connectivity index (χ0n) is 16.6. The summed E-state index contributed by atoms with van der Waals surface area (Å²) < 4.78 is 25.0. The van der Waals surface area contributed by atoms with Gasteiger partial charge in [-0.05, 0) is 31.0 Å². The third kappa shape index (κ3) is 3.76. The molecule has 1 unspecified atom stereocenters. The Labute approximate surface area is 173 Å². The van der Waals surface area contributed by atoms with Crippen molar-refractivity contribution in [1.82, 2.24) is 9.97 Å². The van der Waals surface area contributed by atoms with E-state index in [-0.39, 0.29) is 19.2 Å². The molecule has 0 fully saturated rings. The topological polar surface area (TPSA) is 107 Å². The Bertz CT molecular complexity index is 1070. The number of amidine groups is 2. The molecule has 0 aliphatic carbocycles. The Hall–Kier alpha value is -3.67. The van der Waals surface area contributed by atoms with Crippen LogP contribution in [0.25, 0.3) is 0 Å². The lowest BCUT2D eigenvalue weighted by Gasteiger charge is -2.34. The summed E-state index contributed by atoms with van der Waals surface area (Å²) in [4.78, 5) is 17.3. The Kier molecular flexibility index (Phi) is 5.23. The van der Waals surface area contributed by atoms with Crippen molar-refractivity contribution in [2.24, 2.45) is 15.7 Å². The van der Waals surface area contributed by atoms with E-state index in [1.54, 1.807) is 20.0 Å². The van der Waals surface area contributed by atoms with Crippen molar-refractivity contribution >= 4 is 17.5 Å². The molecule has 1 aromatic carbocycles. The maximum Gasteiger partial charge on any atom is 0.283 e. The molecule has 0 amide bonds. The summed E-state index contributed by atoms with van der Waals surface area (Å²) in [7, 11) is 0. The fourth-order valence-electron chi connectivity index (χ4n) is 3.21. The van der Waals surface area contributed by atoms with E-state index in [1.807, 2.05) is 18.2 Å². The molecule has 2 atom stereocenters. The van der Waals surface area contributed by atoms with E-state index in [1.165, 1.54) is 6.20 Å². The zero-order valence-corrected chi connectivity index (χ0v) is 16.6. The van der Waals surface area contributed by atoms with Gasteiger partial charge >= 0.3 is 0 Å². The number of aromatic nitrogens is 2. The lowest BCUT2D eigenvalue weighted by Crippen LogP contribution is -2.43. The third-order valence-electron chi connectivity index (χ3n) is 5.02. The van der Waals surface area contributed by atoms with E-state index in [0.717, 1.165) is 11.3 Å². The zero-order chi connectivity index (χ0) is 21.1. The molecule has 0 bridgehead atoms. The second-order valence-electron chi connectivity index (χ2n) is 6.99. The highest BCUT2D eigenvalue weighted by atomic mass is 19.1. The van der Waals surface area contributed by atoms with Gasteiger partial charge in [0.15, 0.2) is 18.6 Å². The number of rotatable bonds is 4. The van der Waals surface area contributed by atoms with Crippen LogP contribution in [0.15, 0.2) is 40.6 Å². The van der Waals surface area contributed by atoms with Gasteiger partial charge in [0.2, 0.25) is 5.88 Å². The molecule has 2 aliphatic heterocycles. The number of ether oxygens (including phenoxy) is 2. The number of nitrogens with one attached hydrogen (secondary N) is 1. The molecule has 0 radical (unpaired) electrons. The average molecular weight is 408 g/mol. The van der Waals surface area contributed by atoms with Crippen molar-refractivity contribution in [3.05, 3.63) is 47.4 Å². The molecule has 3 N–H and O–H groups in total. The molecular formula is C21H21FN6O2. The molecule has 154 valence electrons. The van der Waals surface area contributed by atoms with Crippen LogP contribution in [0.2, 0.25) is 0 Å². The van der Waals surface area contributed by atoms with Gasteiger partial charge in [-0.3, -0.25) is 4.99 Å². The molecule has 4 rings (SSSR count). The molecule has 8 nitrogen and oxygen atoms in total. The quantitative estimate of drug-likeness (QED) is 0.751. The highest BCUT2D eigenvalue weighted by molar-refractivity contribution is 6.08. The van der Waals surface area contributed by atoms with Gasteiger partial charge in [-0.1, -0.05) is 18.1 Å². The first kappa shape index (κ1) is 19.6. The van der Waals surface area contributed by atoms with Gasteiger partial charge in [0.25, 0.3) is 6.02 Å². The summed E-state index contributed by atoms with van der Waals surface area (Å²) in [5.74, 6) is 6.51. The minimum Gasteiger partial charge on any atom is -0.463 e. The van der Waals surface area contributed by atoms with Gasteiger partial charge in [0.05, 0.1) is 18.9 Å². The van der Waals surface area contributed by atoms with Gasteiger partial charge in [-0.25, -0.2) is 19.4 Å². The van der Waals surface area contributed by atoms with Crippen LogP contribution in [0.5, 0.6) is 5.88 Å². The monoisotopic (exact) mass is 408 g/mol. The number of benzene rings is 1. The Morgan fingerprint density at radius 3 is 3.00 bits per heavy atom. The van der Waals surface area contributed by atoms with E-state index in [0.29, 0.717) is 29.5 Å². The minimum atomic E-state index is -1.31. The van der Waals surface area contributed by atoms with Gasteiger partial charge < -0.3 is 20.5 Å². The van der Waals surface area contributed by atoms with Crippen molar-refractivity contribution in [3.8, 4) is 17.7 Å². The summed E-state index contributed by atoms with van der Waals surface area (Å²) in [5.41, 5.74) is 7.63. The Morgan fingerprint density at radius 1 is 1.37 bits per heavy atom. The van der Waals surface area contributed by atoms with Gasteiger partial charge in [-0.15, -0.1) is 5.92 Å². The number of nitrogens with two attached hydrogens (primary N) is 1. The number of aliphatic imine (C=N–C) groups is 2. The fourth-order valence-corrected chi connectivity index (χ4v) is 3.21. The third-order valence-corrected chi connectivity index (χ3v) is 5.02. The molecule has 30 heavy (non-hydrogen) atoms. The second kappa shape index (κ2) is 7.99. The minimum absolute atomic E-state index is 0.0122. The fraction of sp³-hybridized carbons (Fsp3) is 0.333. The largest absolute Gasteiger partial charge is 0.463 e. The first-order valence-electron chi connectivity index (χ1n) is 9.41. The van der Waals surface area contributed by atoms with Crippen molar-refractivity contribution in [1.29, 1.82) is 0 Å². The lowest BCUT2D eigenvalue weighted by atomic mass is 9.86. The number of anilines is 1. The summed E-state index contributed by atoms with van der Waals surface area (Å²) in [6.07, 6.45) is 1.80. The number of halogens is 1. The van der Waals surface area contributed by atoms with E-state index >= 15 is 0 Å². The normalized spacial score (nSPS) is 22.3. The summed E-state index contributed by atoms with van der Waals surface area (Å²) in [5, 5.41) is 3.26. The second-order valence-corrected chi connectivity index (χ2v) is 6.99. The molecule has 0 saturated heterocycles. The lowest BCUT2D eigenvalue weighted by molar-refractivity contribution is 0.0943. The van der Waals surface area contributed by atoms with Crippen LogP contribution < -0.4 is 15.8 Å². The van der Waals surface area contributed by atoms with Crippen LogP contribution in [0, 0.1) is 11.8 Å². The first-order valence-corrected chi connectivity index (χ1v) is 9.41. The molecule has 2 aliphatic rings. The summed E-state index contributed by atoms with van der Waals surface area (Å²) >= 11 is 0. The van der Waals surface area contributed by atoms with Gasteiger partial charge in [-0.2, -0.15) is 0 Å². The van der Waals surface area contributed by atoms with Gasteiger partial charge in [0, 0.05) is 5.69 Å². The van der Waals surface area contributed by atoms with Crippen LogP contribution in [-0.4, -0.2) is 41.2 Å². The highest BCUT2D eigenvalue weighted by Gasteiger charge is 2.40. The smallest absolute Gasteiger partial charge is 0.283 e. The van der Waals surface area contributed by atoms with Crippen LogP contribution in [0.3, 0.4) is 0 Å². The van der Waals surface area contributed by atoms with E-state index in [4.69, 9.17) is 15.2 Å². The predicted molar refractivity (Wildman–Crippen MR) is 111 cm³/mol. The Morgan fingerprint density at radius 2 is 2.23 bits per heavy atom. The standard InChI is InChI=1S/C21H21FN6O2/c1-3-4-7-29-18-11-24-16(10-25-18)19-26-9-13-5-6-14(8-15(13)27-19)21(2)17(22)12-30-20(23)28-21/h5-6,8,10-11,17H,7,9,12H2,1-2H3,(H2,23,28)(H,26,27)/t17?,21-/m1/s1. The molecule has 3 heterocycles. The maximum absolute atomic E-state index is 14.6. The molecule has 9 heteroatoms. The number of alkyl halides is 1. The van der Waals surface area contributed by atoms with Crippen molar-refractivity contribution < 1.29 is 13.9 Å². The number of nitrogens with zero attached hydrogens (tertiary/aromatic N) is 4. The number of fused-ring (bicyclic) bond motifs is 1. The molecule has 2 aromatic rings. The SMILES string of the molecule is CC#CCOc1cnc(C2=NCc3ccc([C@@]4(C)N=C(N)OCC4F)cc3N2)cn1. The van der Waals surface area contributed by atoms with Crippen LogP contribution in [0.4, 0.5) is 10.1 Å². The van der Waals surface area contributed by atoms with E-state index < -0.39 is 11.7 Å². The van der Waals surface area contributed by atoms with Gasteiger partial charge in [0.1, 0.15) is 17.8 Å². The van der Waals surface area contributed by atoms with Crippen molar-refractivity contribution in [2.75, 3.05) is 18.5 Å². The van der Waals surface area contributed by atoms with Crippen LogP contribution in [-0.2, 0) is 16.8 Å². The molecular weight excluding hydrogens is 387 g/mol. The van der Waals surface area contributed by atoms with E-state index in [9.17, 15) is 4.39 Å². The average Bonchev–Trinajstić information content (AvgIpc) is 2.76. The number of hydrogen-bond acceptors (Lipinski definition) is 8. The van der Waals surface area contributed by atoms with Crippen LogP contribution >= 0.6 is 0 Å². The van der Waals surface area contributed by atoms with Crippen molar-refractivity contribution in [2.45, 2.75) is 32.1 Å². The first-order chi connectivity index (χ1) is 14.5. The molecule has 1 aromatic heterocycles. The predicted octanol–water partition coefficient (Wildman–Crippen LogP) is 2.15. The maximum atomic E-state index is 14.6. The summed E-state index contributed by atoms with van der Waals surface area (Å²) in [6.45, 7) is 4.04. The van der Waals surface area contributed by atoms with Crippen LogP contribution in [0.1, 0.15) is 30.7 Å². The Balaban J connectivity index is 1.56. The highest BCUT2D eigenvalue weighted by Crippen LogP contribution is 2.37.